The summed E-state index contributed by atoms with van der Waals surface area (Å²) in [6.45, 7) is 1.67. The molecule has 0 bridgehead atoms. The lowest BCUT2D eigenvalue weighted by atomic mass is 9.90. The van der Waals surface area contributed by atoms with Crippen LogP contribution in [0.3, 0.4) is 0 Å². The van der Waals surface area contributed by atoms with Crippen LogP contribution in [-0.2, 0) is 17.4 Å². The van der Waals surface area contributed by atoms with Gasteiger partial charge in [0.25, 0.3) is 5.91 Å². The summed E-state index contributed by atoms with van der Waals surface area (Å²) in [4.78, 5) is 30.9. The molecule has 1 spiro atoms. The van der Waals surface area contributed by atoms with Crippen molar-refractivity contribution in [2.75, 3.05) is 19.6 Å². The molecule has 1 atom stereocenters. The number of carbonyl (C=O) groups is 2. The SMILES string of the molecule is O=C(NCCCc1ccncc1)C1CC12CCN(C(=O)c1ccc(C(F)(F)F)cc1)CC2. The lowest BCUT2D eigenvalue weighted by Crippen LogP contribution is -2.40. The van der Waals surface area contributed by atoms with Gasteiger partial charge in [0.1, 0.15) is 0 Å². The van der Waals surface area contributed by atoms with Crippen molar-refractivity contribution < 1.29 is 22.8 Å². The standard InChI is InChI=1S/C24H26F3N3O2/c25-24(26,27)19-5-3-18(4-6-19)22(32)30-14-9-23(10-15-30)16-20(23)21(31)29-11-1-2-17-7-12-28-13-8-17/h3-8,12-13,20H,1-2,9-11,14-16H2,(H,29,31). The Morgan fingerprint density at radius 2 is 1.72 bits per heavy atom. The van der Waals surface area contributed by atoms with Crippen LogP contribution in [0.15, 0.2) is 48.8 Å². The van der Waals surface area contributed by atoms with Crippen molar-refractivity contribution in [3.8, 4) is 0 Å². The summed E-state index contributed by atoms with van der Waals surface area (Å²) in [5.41, 5.74) is 0.654. The first-order chi connectivity index (χ1) is 15.3. The number of alkyl halides is 3. The minimum atomic E-state index is -4.42. The highest BCUT2D eigenvalue weighted by molar-refractivity contribution is 5.94. The maximum Gasteiger partial charge on any atom is 0.416 e. The molecule has 1 saturated heterocycles. The molecular weight excluding hydrogens is 419 g/mol. The first-order valence-corrected chi connectivity index (χ1v) is 10.9. The Hall–Kier alpha value is -2.90. The summed E-state index contributed by atoms with van der Waals surface area (Å²) < 4.78 is 38.1. The molecule has 170 valence electrons. The Bertz CT molecular complexity index is 953. The third-order valence-electron chi connectivity index (χ3n) is 6.70. The molecule has 2 heterocycles. The number of carbonyl (C=O) groups excluding carboxylic acids is 2. The zero-order valence-corrected chi connectivity index (χ0v) is 17.7. The van der Waals surface area contributed by atoms with Crippen molar-refractivity contribution in [1.82, 2.24) is 15.2 Å². The highest BCUT2D eigenvalue weighted by atomic mass is 19.4. The maximum atomic E-state index is 12.7. The molecule has 2 aliphatic rings. The van der Waals surface area contributed by atoms with E-state index in [1.54, 1.807) is 17.3 Å². The van der Waals surface area contributed by atoms with Crippen LogP contribution in [-0.4, -0.2) is 41.3 Å². The zero-order valence-electron chi connectivity index (χ0n) is 17.7. The minimum Gasteiger partial charge on any atom is -0.356 e. The van der Waals surface area contributed by atoms with Gasteiger partial charge in [0, 0.05) is 43.5 Å². The molecule has 0 radical (unpaired) electrons. The van der Waals surface area contributed by atoms with E-state index in [1.165, 1.54) is 17.7 Å². The third kappa shape index (κ3) is 4.95. The number of hydrogen-bond donors (Lipinski definition) is 1. The fourth-order valence-electron chi connectivity index (χ4n) is 4.59. The van der Waals surface area contributed by atoms with Crippen LogP contribution < -0.4 is 5.32 Å². The van der Waals surface area contributed by atoms with Gasteiger partial charge in [0.2, 0.25) is 5.91 Å². The molecule has 1 saturated carbocycles. The summed E-state index contributed by atoms with van der Waals surface area (Å²) in [6, 6.07) is 8.28. The van der Waals surface area contributed by atoms with Crippen molar-refractivity contribution in [2.45, 2.75) is 38.3 Å². The van der Waals surface area contributed by atoms with E-state index in [-0.39, 0.29) is 28.7 Å². The predicted molar refractivity (Wildman–Crippen MR) is 113 cm³/mol. The van der Waals surface area contributed by atoms with Crippen molar-refractivity contribution in [3.63, 3.8) is 0 Å². The largest absolute Gasteiger partial charge is 0.416 e. The fraction of sp³-hybridized carbons (Fsp3) is 0.458. The van der Waals surface area contributed by atoms with Gasteiger partial charge in [0.05, 0.1) is 5.56 Å². The molecule has 1 aromatic heterocycles. The Labute approximate surface area is 185 Å². The predicted octanol–water partition coefficient (Wildman–Crippen LogP) is 4.09. The Kier molecular flexibility index (Phi) is 6.22. The van der Waals surface area contributed by atoms with E-state index in [0.717, 1.165) is 44.2 Å². The Morgan fingerprint density at radius 3 is 2.34 bits per heavy atom. The lowest BCUT2D eigenvalue weighted by Gasteiger charge is -2.33. The summed E-state index contributed by atoms with van der Waals surface area (Å²) in [7, 11) is 0. The molecule has 1 aliphatic carbocycles. The van der Waals surface area contributed by atoms with Crippen LogP contribution in [0.2, 0.25) is 0 Å². The third-order valence-corrected chi connectivity index (χ3v) is 6.70. The van der Waals surface area contributed by atoms with E-state index < -0.39 is 11.7 Å². The average Bonchev–Trinajstić information content (AvgIpc) is 3.50. The molecular formula is C24H26F3N3O2. The number of halogens is 3. The number of benzene rings is 1. The highest BCUT2D eigenvalue weighted by Crippen LogP contribution is 2.59. The smallest absolute Gasteiger partial charge is 0.356 e. The number of rotatable bonds is 6. The molecule has 1 unspecified atom stereocenters. The fourth-order valence-corrected chi connectivity index (χ4v) is 4.59. The van der Waals surface area contributed by atoms with Gasteiger partial charge in [-0.3, -0.25) is 14.6 Å². The maximum absolute atomic E-state index is 12.7. The van der Waals surface area contributed by atoms with Gasteiger partial charge in [-0.1, -0.05) is 0 Å². The van der Waals surface area contributed by atoms with Crippen LogP contribution in [0.25, 0.3) is 0 Å². The second-order valence-electron chi connectivity index (χ2n) is 8.74. The molecule has 32 heavy (non-hydrogen) atoms. The summed E-state index contributed by atoms with van der Waals surface area (Å²) in [6.07, 6.45) is 3.19. The van der Waals surface area contributed by atoms with Gasteiger partial charge in [-0.05, 0) is 79.5 Å². The normalized spacial score (nSPS) is 19.6. The number of nitrogens with one attached hydrogen (secondary N) is 1. The van der Waals surface area contributed by atoms with Gasteiger partial charge >= 0.3 is 6.18 Å². The number of hydrogen-bond acceptors (Lipinski definition) is 3. The lowest BCUT2D eigenvalue weighted by molar-refractivity contribution is -0.137. The zero-order chi connectivity index (χ0) is 22.8. The van der Waals surface area contributed by atoms with E-state index in [4.69, 9.17) is 0 Å². The number of aromatic nitrogens is 1. The molecule has 2 amide bonds. The number of pyridine rings is 1. The summed E-state index contributed by atoms with van der Waals surface area (Å²) in [5.74, 6) is -0.180. The summed E-state index contributed by atoms with van der Waals surface area (Å²) in [5, 5.41) is 3.04. The second-order valence-corrected chi connectivity index (χ2v) is 8.74. The first-order valence-electron chi connectivity index (χ1n) is 10.9. The Balaban J connectivity index is 1.21. The van der Waals surface area contributed by atoms with E-state index in [0.29, 0.717) is 19.6 Å². The van der Waals surface area contributed by atoms with Gasteiger partial charge in [0.15, 0.2) is 0 Å². The van der Waals surface area contributed by atoms with Gasteiger partial charge in [-0.15, -0.1) is 0 Å². The number of aryl methyl sites for hydroxylation is 1. The Morgan fingerprint density at radius 1 is 1.06 bits per heavy atom. The molecule has 2 fully saturated rings. The van der Waals surface area contributed by atoms with E-state index in [9.17, 15) is 22.8 Å². The number of amides is 2. The minimum absolute atomic E-state index is 0.00764. The van der Waals surface area contributed by atoms with Crippen molar-refractivity contribution in [1.29, 1.82) is 0 Å². The van der Waals surface area contributed by atoms with Gasteiger partial charge < -0.3 is 10.2 Å². The van der Waals surface area contributed by atoms with Crippen LogP contribution in [0, 0.1) is 11.3 Å². The monoisotopic (exact) mass is 445 g/mol. The number of likely N-dealkylation sites (tertiary alicyclic amines) is 1. The molecule has 5 nitrogen and oxygen atoms in total. The highest BCUT2D eigenvalue weighted by Gasteiger charge is 2.58. The molecule has 8 heteroatoms. The molecule has 1 N–H and O–H groups in total. The topological polar surface area (TPSA) is 62.3 Å². The van der Waals surface area contributed by atoms with Crippen molar-refractivity contribution in [2.24, 2.45) is 11.3 Å². The van der Waals surface area contributed by atoms with Gasteiger partial charge in [-0.25, -0.2) is 0 Å². The second kappa shape index (κ2) is 8.92. The van der Waals surface area contributed by atoms with E-state index in [1.807, 2.05) is 12.1 Å². The van der Waals surface area contributed by atoms with E-state index in [2.05, 4.69) is 10.3 Å². The van der Waals surface area contributed by atoms with Crippen molar-refractivity contribution >= 4 is 11.8 Å². The van der Waals surface area contributed by atoms with Crippen molar-refractivity contribution in [3.05, 3.63) is 65.5 Å². The number of piperidine rings is 1. The quantitative estimate of drug-likeness (QED) is 0.682. The molecule has 4 rings (SSSR count). The average molecular weight is 445 g/mol. The summed E-state index contributed by atoms with van der Waals surface area (Å²) >= 11 is 0. The molecule has 1 aliphatic heterocycles. The van der Waals surface area contributed by atoms with Crippen LogP contribution in [0.1, 0.15) is 47.2 Å². The molecule has 1 aromatic carbocycles. The van der Waals surface area contributed by atoms with Crippen LogP contribution in [0.4, 0.5) is 13.2 Å². The first kappa shape index (κ1) is 22.3. The van der Waals surface area contributed by atoms with Gasteiger partial charge in [-0.2, -0.15) is 13.2 Å². The molecule has 2 aromatic rings. The van der Waals surface area contributed by atoms with Crippen LogP contribution >= 0.6 is 0 Å². The van der Waals surface area contributed by atoms with E-state index >= 15 is 0 Å². The number of nitrogens with zero attached hydrogens (tertiary/aromatic N) is 2. The van der Waals surface area contributed by atoms with Crippen LogP contribution in [0.5, 0.6) is 0 Å².